The van der Waals surface area contributed by atoms with Gasteiger partial charge >= 0.3 is 0 Å². The Bertz CT molecular complexity index is 475. The highest BCUT2D eigenvalue weighted by Crippen LogP contribution is 2.40. The summed E-state index contributed by atoms with van der Waals surface area (Å²) in [5.41, 5.74) is 2.35. The molecule has 3 rings (SSSR count). The molecular weight excluding hydrogens is 278 g/mol. The van der Waals surface area contributed by atoms with E-state index in [-0.39, 0.29) is 5.60 Å². The molecule has 0 aromatic heterocycles. The highest BCUT2D eigenvalue weighted by atomic mass is 79.9. The van der Waals surface area contributed by atoms with E-state index in [0.29, 0.717) is 0 Å². The number of fused-ring (bicyclic) bond motifs is 1. The van der Waals surface area contributed by atoms with E-state index in [0.717, 1.165) is 36.2 Å². The molecule has 0 bridgehead atoms. The molecule has 1 spiro atoms. The van der Waals surface area contributed by atoms with Gasteiger partial charge in [-0.2, -0.15) is 0 Å². The minimum atomic E-state index is -0.0873. The Morgan fingerprint density at radius 2 is 2.06 bits per heavy atom. The second kappa shape index (κ2) is 4.14. The zero-order valence-corrected chi connectivity index (χ0v) is 11.5. The van der Waals surface area contributed by atoms with Crippen LogP contribution in [0.15, 0.2) is 22.7 Å². The zero-order valence-electron chi connectivity index (χ0n) is 9.92. The quantitative estimate of drug-likeness (QED) is 0.793. The number of hydrogen-bond donors (Lipinski definition) is 1. The zero-order chi connectivity index (χ0) is 11.9. The number of aryl methyl sites for hydroxylation is 1. The van der Waals surface area contributed by atoms with E-state index in [1.54, 1.807) is 0 Å². The van der Waals surface area contributed by atoms with E-state index in [4.69, 9.17) is 4.74 Å². The van der Waals surface area contributed by atoms with Gasteiger partial charge in [0.2, 0.25) is 0 Å². The van der Waals surface area contributed by atoms with Gasteiger partial charge in [0.25, 0.3) is 0 Å². The second-order valence-electron chi connectivity index (χ2n) is 4.92. The van der Waals surface area contributed by atoms with Gasteiger partial charge in [-0.05, 0) is 59.7 Å². The van der Waals surface area contributed by atoms with Crippen molar-refractivity contribution in [1.29, 1.82) is 0 Å². The first-order valence-electron chi connectivity index (χ1n) is 6.08. The molecule has 1 N–H and O–H groups in total. The van der Waals surface area contributed by atoms with Crippen molar-refractivity contribution in [2.45, 2.75) is 25.4 Å². The Labute approximate surface area is 110 Å². The first kappa shape index (κ1) is 11.3. The van der Waals surface area contributed by atoms with E-state index >= 15 is 0 Å². The van der Waals surface area contributed by atoms with E-state index in [1.807, 2.05) is 0 Å². The molecule has 17 heavy (non-hydrogen) atoms. The van der Waals surface area contributed by atoms with Crippen molar-refractivity contribution in [3.63, 3.8) is 0 Å². The third kappa shape index (κ3) is 2.02. The first-order chi connectivity index (χ1) is 8.19. The fourth-order valence-electron chi connectivity index (χ4n) is 2.58. The lowest BCUT2D eigenvalue weighted by atomic mass is 9.89. The third-order valence-electron chi connectivity index (χ3n) is 3.54. The minimum absolute atomic E-state index is 0.0873. The monoisotopic (exact) mass is 293 g/mol. The van der Waals surface area contributed by atoms with Crippen molar-refractivity contribution < 1.29 is 4.74 Å². The molecule has 1 aromatic carbocycles. The summed E-state index contributed by atoms with van der Waals surface area (Å²) in [6.45, 7) is 4.17. The van der Waals surface area contributed by atoms with E-state index in [1.165, 1.54) is 11.1 Å². The molecule has 0 amide bonds. The molecule has 2 aliphatic heterocycles. The number of halogens is 1. The van der Waals surface area contributed by atoms with E-state index < -0.39 is 0 Å². The maximum Gasteiger partial charge on any atom is 0.142 e. The van der Waals surface area contributed by atoms with Crippen molar-refractivity contribution in [1.82, 2.24) is 5.32 Å². The molecule has 2 heterocycles. The Morgan fingerprint density at radius 3 is 2.82 bits per heavy atom. The number of ether oxygens (including phenoxy) is 1. The summed E-state index contributed by atoms with van der Waals surface area (Å²) >= 11 is 3.61. The van der Waals surface area contributed by atoms with Gasteiger partial charge in [-0.25, -0.2) is 0 Å². The molecule has 0 atom stereocenters. The van der Waals surface area contributed by atoms with Crippen LogP contribution in [0.3, 0.4) is 0 Å². The Kier molecular flexibility index (Phi) is 2.75. The summed E-state index contributed by atoms with van der Waals surface area (Å²) in [4.78, 5) is 0. The van der Waals surface area contributed by atoms with Gasteiger partial charge in [0, 0.05) is 18.4 Å². The van der Waals surface area contributed by atoms with Crippen LogP contribution in [0.5, 0.6) is 5.75 Å². The van der Waals surface area contributed by atoms with Crippen molar-refractivity contribution >= 4 is 22.0 Å². The van der Waals surface area contributed by atoms with Crippen molar-refractivity contribution in [3.8, 4) is 5.75 Å². The Hall–Kier alpha value is -0.800. The SMILES string of the molecule is Cc1cc(Br)c2c(c1)C=CC1(CCNCC1)O2. The maximum atomic E-state index is 6.27. The molecule has 1 saturated heterocycles. The van der Waals surface area contributed by atoms with Crippen molar-refractivity contribution in [2.75, 3.05) is 13.1 Å². The summed E-state index contributed by atoms with van der Waals surface area (Å²) in [5, 5.41) is 3.38. The molecule has 0 unspecified atom stereocenters. The summed E-state index contributed by atoms with van der Waals surface area (Å²) in [6, 6.07) is 4.29. The van der Waals surface area contributed by atoms with Crippen LogP contribution in [0.1, 0.15) is 24.0 Å². The lowest BCUT2D eigenvalue weighted by molar-refractivity contribution is 0.0814. The van der Waals surface area contributed by atoms with Crippen LogP contribution in [0, 0.1) is 6.92 Å². The van der Waals surface area contributed by atoms with Gasteiger partial charge in [0.05, 0.1) is 4.47 Å². The average molecular weight is 294 g/mol. The van der Waals surface area contributed by atoms with Crippen molar-refractivity contribution in [3.05, 3.63) is 33.8 Å². The number of rotatable bonds is 0. The van der Waals surface area contributed by atoms with Crippen LogP contribution in [0.2, 0.25) is 0 Å². The van der Waals surface area contributed by atoms with E-state index in [2.05, 4.69) is 52.5 Å². The summed E-state index contributed by atoms with van der Waals surface area (Å²) in [7, 11) is 0. The predicted octanol–water partition coefficient (Wildman–Crippen LogP) is 3.29. The van der Waals surface area contributed by atoms with Gasteiger partial charge in [0.1, 0.15) is 11.4 Å². The van der Waals surface area contributed by atoms with Gasteiger partial charge in [-0.15, -0.1) is 0 Å². The second-order valence-corrected chi connectivity index (χ2v) is 5.77. The maximum absolute atomic E-state index is 6.27. The van der Waals surface area contributed by atoms with Crippen LogP contribution < -0.4 is 10.1 Å². The largest absolute Gasteiger partial charge is 0.481 e. The minimum Gasteiger partial charge on any atom is -0.481 e. The first-order valence-corrected chi connectivity index (χ1v) is 6.87. The molecule has 2 aliphatic rings. The normalized spacial score (nSPS) is 21.1. The van der Waals surface area contributed by atoms with E-state index in [9.17, 15) is 0 Å². The molecule has 1 aromatic rings. The number of hydrogen-bond acceptors (Lipinski definition) is 2. The molecule has 90 valence electrons. The topological polar surface area (TPSA) is 21.3 Å². The lowest BCUT2D eigenvalue weighted by Crippen LogP contribution is -2.45. The molecular formula is C14H16BrNO. The molecule has 3 heteroatoms. The predicted molar refractivity (Wildman–Crippen MR) is 73.4 cm³/mol. The molecule has 2 nitrogen and oxygen atoms in total. The average Bonchev–Trinajstić information content (AvgIpc) is 2.32. The number of nitrogens with one attached hydrogen (secondary N) is 1. The summed E-state index contributed by atoms with van der Waals surface area (Å²) in [6.07, 6.45) is 6.54. The fourth-order valence-corrected chi connectivity index (χ4v) is 3.26. The molecule has 0 radical (unpaired) electrons. The summed E-state index contributed by atoms with van der Waals surface area (Å²) < 4.78 is 7.34. The number of benzene rings is 1. The number of piperidine rings is 1. The van der Waals surface area contributed by atoms with Crippen LogP contribution in [0.25, 0.3) is 6.08 Å². The highest BCUT2D eigenvalue weighted by Gasteiger charge is 2.34. The molecule has 0 saturated carbocycles. The van der Waals surface area contributed by atoms with Crippen LogP contribution in [0.4, 0.5) is 0 Å². The fraction of sp³-hybridized carbons (Fsp3) is 0.429. The standard InChI is InChI=1S/C14H16BrNO/c1-10-8-11-2-3-14(4-6-16-7-5-14)17-13(11)12(15)9-10/h2-3,8-9,16H,4-7H2,1H3. The summed E-state index contributed by atoms with van der Waals surface area (Å²) in [5.74, 6) is 1.00. The van der Waals surface area contributed by atoms with Crippen LogP contribution in [-0.4, -0.2) is 18.7 Å². The smallest absolute Gasteiger partial charge is 0.142 e. The Balaban J connectivity index is 2.00. The van der Waals surface area contributed by atoms with Crippen LogP contribution in [-0.2, 0) is 0 Å². The van der Waals surface area contributed by atoms with Gasteiger partial charge < -0.3 is 10.1 Å². The van der Waals surface area contributed by atoms with Gasteiger partial charge in [-0.3, -0.25) is 0 Å². The molecule has 0 aliphatic carbocycles. The third-order valence-corrected chi connectivity index (χ3v) is 4.13. The molecule has 1 fully saturated rings. The van der Waals surface area contributed by atoms with Gasteiger partial charge in [-0.1, -0.05) is 6.08 Å². The lowest BCUT2D eigenvalue weighted by Gasteiger charge is -2.38. The van der Waals surface area contributed by atoms with Gasteiger partial charge in [0.15, 0.2) is 0 Å². The van der Waals surface area contributed by atoms with Crippen LogP contribution >= 0.6 is 15.9 Å². The Morgan fingerprint density at radius 1 is 1.29 bits per heavy atom. The highest BCUT2D eigenvalue weighted by molar-refractivity contribution is 9.10. The van der Waals surface area contributed by atoms with Crippen molar-refractivity contribution in [2.24, 2.45) is 0 Å².